The van der Waals surface area contributed by atoms with E-state index in [0.717, 1.165) is 37.8 Å². The van der Waals surface area contributed by atoms with Crippen LogP contribution in [0.4, 0.5) is 0 Å². The Morgan fingerprint density at radius 2 is 2.12 bits per heavy atom. The molecule has 2 rings (SSSR count). The number of nitrogens with zero attached hydrogens (tertiary/aromatic N) is 2. The summed E-state index contributed by atoms with van der Waals surface area (Å²) in [5.74, 6) is 0. The Morgan fingerprint density at radius 3 is 2.69 bits per heavy atom. The Labute approximate surface area is 97.5 Å². The summed E-state index contributed by atoms with van der Waals surface area (Å²) in [4.78, 5) is 0. The van der Waals surface area contributed by atoms with Gasteiger partial charge in [-0.05, 0) is 51.5 Å². The number of aryl methyl sites for hydroxylation is 1. The normalized spacial score (nSPS) is 26.0. The lowest BCUT2D eigenvalue weighted by Crippen LogP contribution is -2.24. The van der Waals surface area contributed by atoms with Crippen molar-refractivity contribution in [1.82, 2.24) is 9.78 Å². The molecule has 0 saturated heterocycles. The van der Waals surface area contributed by atoms with E-state index < -0.39 is 0 Å². The Morgan fingerprint density at radius 1 is 1.38 bits per heavy atom. The van der Waals surface area contributed by atoms with Crippen LogP contribution >= 0.6 is 0 Å². The van der Waals surface area contributed by atoms with E-state index in [2.05, 4.69) is 30.6 Å². The van der Waals surface area contributed by atoms with Gasteiger partial charge >= 0.3 is 0 Å². The van der Waals surface area contributed by atoms with Crippen LogP contribution in [0.2, 0.25) is 0 Å². The van der Waals surface area contributed by atoms with Crippen molar-refractivity contribution in [3.63, 3.8) is 0 Å². The largest absolute Gasteiger partial charge is 0.393 e. The highest BCUT2D eigenvalue weighted by Gasteiger charge is 2.24. The number of rotatable bonds is 2. The predicted octanol–water partition coefficient (Wildman–Crippen LogP) is 2.54. The molecule has 0 radical (unpaired) electrons. The van der Waals surface area contributed by atoms with Gasteiger partial charge in [0.15, 0.2) is 0 Å². The maximum absolute atomic E-state index is 9.72. The van der Waals surface area contributed by atoms with Crippen LogP contribution in [-0.4, -0.2) is 21.0 Å². The number of hydrogen-bond acceptors (Lipinski definition) is 2. The van der Waals surface area contributed by atoms with Crippen LogP contribution in [0.25, 0.3) is 0 Å². The molecule has 1 heterocycles. The predicted molar refractivity (Wildman–Crippen MR) is 64.6 cm³/mol. The maximum atomic E-state index is 9.72. The average molecular weight is 222 g/mol. The molecule has 1 saturated carbocycles. The quantitative estimate of drug-likeness (QED) is 0.835. The minimum absolute atomic E-state index is 0.132. The van der Waals surface area contributed by atoms with Crippen molar-refractivity contribution < 1.29 is 5.11 Å². The van der Waals surface area contributed by atoms with Crippen LogP contribution in [0.3, 0.4) is 0 Å². The van der Waals surface area contributed by atoms with E-state index in [-0.39, 0.29) is 6.10 Å². The summed E-state index contributed by atoms with van der Waals surface area (Å²) in [5.41, 5.74) is 3.82. The molecule has 2 atom stereocenters. The molecule has 0 aliphatic heterocycles. The smallest absolute Gasteiger partial charge is 0.0628 e. The first-order chi connectivity index (χ1) is 7.63. The van der Waals surface area contributed by atoms with Gasteiger partial charge in [-0.25, -0.2) is 0 Å². The monoisotopic (exact) mass is 222 g/mol. The molecule has 0 aromatic carbocycles. The lowest BCUT2D eigenvalue weighted by atomic mass is 9.93. The second kappa shape index (κ2) is 4.58. The lowest BCUT2D eigenvalue weighted by molar-refractivity contribution is 0.0994. The molecule has 1 fully saturated rings. The summed E-state index contributed by atoms with van der Waals surface area (Å²) in [5, 5.41) is 14.4. The Kier molecular flexibility index (Phi) is 3.33. The van der Waals surface area contributed by atoms with Crippen molar-refractivity contribution >= 4 is 0 Å². The summed E-state index contributed by atoms with van der Waals surface area (Å²) < 4.78 is 2.15. The van der Waals surface area contributed by atoms with Crippen LogP contribution < -0.4 is 0 Å². The van der Waals surface area contributed by atoms with Crippen LogP contribution in [0.5, 0.6) is 0 Å². The fourth-order valence-electron chi connectivity index (χ4n) is 2.93. The Balaban J connectivity index is 2.26. The number of aromatic nitrogens is 2. The third-order valence-electron chi connectivity index (χ3n) is 3.79. The van der Waals surface area contributed by atoms with E-state index in [1.165, 1.54) is 11.3 Å². The standard InChI is InChI=1S/C13H22N2O/c1-4-13-9(2)14-15(10(13)3)11-6-5-7-12(16)8-11/h11-12,16H,4-8H2,1-3H3. The molecule has 90 valence electrons. The SMILES string of the molecule is CCc1c(C)nn(C2CCCC(O)C2)c1C. The van der Waals surface area contributed by atoms with Crippen LogP contribution in [0.1, 0.15) is 55.6 Å². The Bertz CT molecular complexity index is 370. The highest BCUT2D eigenvalue weighted by molar-refractivity contribution is 5.24. The summed E-state index contributed by atoms with van der Waals surface area (Å²) in [6.07, 6.45) is 5.01. The molecule has 0 spiro atoms. The van der Waals surface area contributed by atoms with E-state index >= 15 is 0 Å². The molecular formula is C13H22N2O. The Hall–Kier alpha value is -0.830. The molecule has 16 heavy (non-hydrogen) atoms. The van der Waals surface area contributed by atoms with Gasteiger partial charge in [-0.1, -0.05) is 6.92 Å². The molecular weight excluding hydrogens is 200 g/mol. The van der Waals surface area contributed by atoms with Gasteiger partial charge in [0.1, 0.15) is 0 Å². The minimum Gasteiger partial charge on any atom is -0.393 e. The zero-order valence-electron chi connectivity index (χ0n) is 10.5. The molecule has 2 unspecified atom stereocenters. The minimum atomic E-state index is -0.132. The van der Waals surface area contributed by atoms with Crippen molar-refractivity contribution in [3.05, 3.63) is 17.0 Å². The van der Waals surface area contributed by atoms with Crippen molar-refractivity contribution in [3.8, 4) is 0 Å². The zero-order chi connectivity index (χ0) is 11.7. The summed E-state index contributed by atoms with van der Waals surface area (Å²) in [6.45, 7) is 6.42. The van der Waals surface area contributed by atoms with Gasteiger partial charge in [0, 0.05) is 5.69 Å². The van der Waals surface area contributed by atoms with Gasteiger partial charge in [0.05, 0.1) is 17.8 Å². The lowest BCUT2D eigenvalue weighted by Gasteiger charge is -2.27. The van der Waals surface area contributed by atoms with Crippen molar-refractivity contribution in [1.29, 1.82) is 0 Å². The first-order valence-corrected chi connectivity index (χ1v) is 6.36. The third-order valence-corrected chi connectivity index (χ3v) is 3.79. The van der Waals surface area contributed by atoms with E-state index in [4.69, 9.17) is 0 Å². The van der Waals surface area contributed by atoms with E-state index in [9.17, 15) is 5.11 Å². The maximum Gasteiger partial charge on any atom is 0.0628 e. The molecule has 1 aliphatic rings. The molecule has 1 aliphatic carbocycles. The zero-order valence-corrected chi connectivity index (χ0v) is 10.5. The van der Waals surface area contributed by atoms with Gasteiger partial charge in [0.25, 0.3) is 0 Å². The van der Waals surface area contributed by atoms with E-state index in [0.29, 0.717) is 6.04 Å². The molecule has 1 N–H and O–H groups in total. The van der Waals surface area contributed by atoms with Crippen molar-refractivity contribution in [2.75, 3.05) is 0 Å². The highest BCUT2D eigenvalue weighted by Crippen LogP contribution is 2.30. The van der Waals surface area contributed by atoms with E-state index in [1.807, 2.05) is 0 Å². The molecule has 1 aromatic heterocycles. The van der Waals surface area contributed by atoms with Crippen molar-refractivity contribution in [2.45, 2.75) is 65.0 Å². The van der Waals surface area contributed by atoms with Crippen molar-refractivity contribution in [2.24, 2.45) is 0 Å². The molecule has 3 heteroatoms. The first kappa shape index (κ1) is 11.6. The van der Waals surface area contributed by atoms with Crippen LogP contribution in [-0.2, 0) is 6.42 Å². The summed E-state index contributed by atoms with van der Waals surface area (Å²) in [6, 6.07) is 0.405. The highest BCUT2D eigenvalue weighted by atomic mass is 16.3. The van der Waals surface area contributed by atoms with Crippen LogP contribution in [0, 0.1) is 13.8 Å². The fourth-order valence-corrected chi connectivity index (χ4v) is 2.93. The number of aliphatic hydroxyl groups excluding tert-OH is 1. The summed E-state index contributed by atoms with van der Waals surface area (Å²) in [7, 11) is 0. The first-order valence-electron chi connectivity index (χ1n) is 6.36. The van der Waals surface area contributed by atoms with Gasteiger partial charge < -0.3 is 5.11 Å². The molecule has 0 bridgehead atoms. The van der Waals surface area contributed by atoms with Gasteiger partial charge in [0.2, 0.25) is 0 Å². The van der Waals surface area contributed by atoms with Gasteiger partial charge in [-0.15, -0.1) is 0 Å². The van der Waals surface area contributed by atoms with E-state index in [1.54, 1.807) is 0 Å². The fraction of sp³-hybridized carbons (Fsp3) is 0.769. The second-order valence-corrected chi connectivity index (χ2v) is 4.92. The molecule has 1 aromatic rings. The van der Waals surface area contributed by atoms with Gasteiger partial charge in [-0.2, -0.15) is 5.10 Å². The van der Waals surface area contributed by atoms with Gasteiger partial charge in [-0.3, -0.25) is 4.68 Å². The third kappa shape index (κ3) is 2.01. The number of hydrogen-bond donors (Lipinski definition) is 1. The topological polar surface area (TPSA) is 38.0 Å². The summed E-state index contributed by atoms with van der Waals surface area (Å²) >= 11 is 0. The van der Waals surface area contributed by atoms with Crippen LogP contribution in [0.15, 0.2) is 0 Å². The average Bonchev–Trinajstić information content (AvgIpc) is 2.54. The second-order valence-electron chi connectivity index (χ2n) is 4.92. The number of aliphatic hydroxyl groups is 1. The molecule has 0 amide bonds. The molecule has 3 nitrogen and oxygen atoms in total.